The zero-order chi connectivity index (χ0) is 18.8. The number of nitrogens with zero attached hydrogens (tertiary/aromatic N) is 2. The first-order chi connectivity index (χ1) is 13.1. The van der Waals surface area contributed by atoms with Crippen LogP contribution in [0.1, 0.15) is 5.56 Å². The second-order valence-corrected chi connectivity index (χ2v) is 6.52. The Labute approximate surface area is 160 Å². The van der Waals surface area contributed by atoms with Crippen LogP contribution >= 0.6 is 11.6 Å². The Kier molecular flexibility index (Phi) is 4.48. The van der Waals surface area contributed by atoms with Gasteiger partial charge in [0.05, 0.1) is 11.9 Å². The van der Waals surface area contributed by atoms with Crippen molar-refractivity contribution in [1.82, 2.24) is 15.2 Å². The van der Waals surface area contributed by atoms with Crippen LogP contribution in [-0.2, 0) is 11.2 Å². The maximum atomic E-state index is 12.3. The smallest absolute Gasteiger partial charge is 0.230 e. The first kappa shape index (κ1) is 17.1. The Morgan fingerprint density at radius 1 is 1.11 bits per heavy atom. The van der Waals surface area contributed by atoms with Crippen LogP contribution in [0.5, 0.6) is 0 Å². The van der Waals surface area contributed by atoms with Gasteiger partial charge in [0.1, 0.15) is 5.82 Å². The number of hydrogen-bond acceptors (Lipinski definition) is 4. The first-order valence-corrected chi connectivity index (χ1v) is 8.71. The lowest BCUT2D eigenvalue weighted by Gasteiger charge is -2.08. The number of H-pyrrole nitrogens is 1. The lowest BCUT2D eigenvalue weighted by Crippen LogP contribution is -2.15. The molecular formula is C20H16ClN5O. The number of halogens is 1. The summed E-state index contributed by atoms with van der Waals surface area (Å²) >= 11 is 6.11. The first-order valence-electron chi connectivity index (χ1n) is 8.33. The van der Waals surface area contributed by atoms with E-state index >= 15 is 0 Å². The van der Waals surface area contributed by atoms with Crippen LogP contribution in [-0.4, -0.2) is 21.1 Å². The molecule has 0 unspecified atom stereocenters. The van der Waals surface area contributed by atoms with Crippen molar-refractivity contribution in [3.8, 4) is 11.1 Å². The molecule has 0 aliphatic carbocycles. The Morgan fingerprint density at radius 2 is 1.93 bits per heavy atom. The maximum absolute atomic E-state index is 12.3. The fraction of sp³-hybridized carbons (Fsp3) is 0.0500. The average molecular weight is 378 g/mol. The van der Waals surface area contributed by atoms with E-state index < -0.39 is 0 Å². The zero-order valence-corrected chi connectivity index (χ0v) is 15.0. The highest BCUT2D eigenvalue weighted by Crippen LogP contribution is 2.27. The van der Waals surface area contributed by atoms with Crippen molar-refractivity contribution >= 4 is 40.0 Å². The Balaban J connectivity index is 1.55. The summed E-state index contributed by atoms with van der Waals surface area (Å²) in [4.78, 5) is 16.6. The van der Waals surface area contributed by atoms with Crippen molar-refractivity contribution in [3.63, 3.8) is 0 Å². The maximum Gasteiger partial charge on any atom is 0.230 e. The minimum absolute atomic E-state index is 0.178. The molecule has 134 valence electrons. The monoisotopic (exact) mass is 377 g/mol. The summed E-state index contributed by atoms with van der Waals surface area (Å²) in [6, 6.07) is 16.8. The molecule has 2 aromatic heterocycles. The van der Waals surface area contributed by atoms with Gasteiger partial charge in [-0.3, -0.25) is 9.89 Å². The molecule has 4 rings (SSSR count). The van der Waals surface area contributed by atoms with E-state index in [0.717, 1.165) is 27.6 Å². The highest BCUT2D eigenvalue weighted by Gasteiger charge is 2.10. The van der Waals surface area contributed by atoms with Crippen LogP contribution in [0.3, 0.4) is 0 Å². The van der Waals surface area contributed by atoms with Gasteiger partial charge < -0.3 is 11.1 Å². The van der Waals surface area contributed by atoms with Gasteiger partial charge in [-0.25, -0.2) is 4.98 Å². The molecule has 7 heteroatoms. The van der Waals surface area contributed by atoms with Crippen LogP contribution in [0.4, 0.5) is 11.6 Å². The summed E-state index contributed by atoms with van der Waals surface area (Å²) in [5.74, 6) is 0.751. The van der Waals surface area contributed by atoms with Gasteiger partial charge in [-0.15, -0.1) is 0 Å². The van der Waals surface area contributed by atoms with E-state index in [2.05, 4.69) is 20.5 Å². The standard InChI is InChI=1S/C20H16ClN5O/c21-16-4-2-1-3-14(16)11-19(27)24-18-10-13(7-8-23-18)12-5-6-17-15(9-12)20(22)26-25-17/h1-10H,11H2,(H3,22,25,26)(H,23,24,27). The summed E-state index contributed by atoms with van der Waals surface area (Å²) in [6.45, 7) is 0. The highest BCUT2D eigenvalue weighted by atomic mass is 35.5. The van der Waals surface area contributed by atoms with Crippen molar-refractivity contribution in [1.29, 1.82) is 0 Å². The lowest BCUT2D eigenvalue weighted by molar-refractivity contribution is -0.115. The number of nitrogens with two attached hydrogens (primary N) is 1. The summed E-state index contributed by atoms with van der Waals surface area (Å²) in [5, 5.41) is 11.1. The number of anilines is 2. The second-order valence-electron chi connectivity index (χ2n) is 6.12. The SMILES string of the molecule is Nc1n[nH]c2ccc(-c3ccnc(NC(=O)Cc4ccccc4Cl)c3)cc12. The third-order valence-corrected chi connectivity index (χ3v) is 4.63. The second kappa shape index (κ2) is 7.09. The average Bonchev–Trinajstić information content (AvgIpc) is 3.04. The van der Waals surface area contributed by atoms with Crippen molar-refractivity contribution in [2.24, 2.45) is 0 Å². The molecule has 0 aliphatic heterocycles. The molecule has 2 aromatic carbocycles. The molecule has 1 amide bonds. The van der Waals surface area contributed by atoms with E-state index in [9.17, 15) is 4.79 Å². The molecule has 0 radical (unpaired) electrons. The molecule has 27 heavy (non-hydrogen) atoms. The topological polar surface area (TPSA) is 96.7 Å². The molecular weight excluding hydrogens is 362 g/mol. The van der Waals surface area contributed by atoms with Gasteiger partial charge in [-0.1, -0.05) is 35.9 Å². The van der Waals surface area contributed by atoms with Crippen LogP contribution in [0.15, 0.2) is 60.8 Å². The molecule has 0 aliphatic rings. The van der Waals surface area contributed by atoms with Crippen LogP contribution in [0, 0.1) is 0 Å². The predicted octanol–water partition coefficient (Wildman–Crippen LogP) is 4.04. The number of benzene rings is 2. The fourth-order valence-corrected chi connectivity index (χ4v) is 3.10. The van der Waals surface area contributed by atoms with Gasteiger partial charge in [0.15, 0.2) is 5.82 Å². The van der Waals surface area contributed by atoms with Gasteiger partial charge in [0.2, 0.25) is 5.91 Å². The van der Waals surface area contributed by atoms with Crippen molar-refractivity contribution < 1.29 is 4.79 Å². The molecule has 0 spiro atoms. The summed E-state index contributed by atoms with van der Waals surface area (Å²) in [5.41, 5.74) is 9.40. The third kappa shape index (κ3) is 3.61. The largest absolute Gasteiger partial charge is 0.382 e. The molecule has 2 heterocycles. The number of amides is 1. The molecule has 6 nitrogen and oxygen atoms in total. The molecule has 0 saturated carbocycles. The Bertz CT molecular complexity index is 1140. The van der Waals surface area contributed by atoms with Gasteiger partial charge in [-0.05, 0) is 47.0 Å². The van der Waals surface area contributed by atoms with E-state index in [1.54, 1.807) is 12.3 Å². The minimum Gasteiger partial charge on any atom is -0.382 e. The summed E-state index contributed by atoms with van der Waals surface area (Å²) in [7, 11) is 0. The van der Waals surface area contributed by atoms with Gasteiger partial charge in [-0.2, -0.15) is 5.10 Å². The fourth-order valence-electron chi connectivity index (χ4n) is 2.89. The number of nitrogen functional groups attached to an aromatic ring is 1. The van der Waals surface area contributed by atoms with Crippen LogP contribution < -0.4 is 11.1 Å². The number of pyridine rings is 1. The Morgan fingerprint density at radius 3 is 2.78 bits per heavy atom. The van der Waals surface area contributed by atoms with Gasteiger partial charge in [0, 0.05) is 16.6 Å². The number of carbonyl (C=O) groups excluding carboxylic acids is 1. The van der Waals surface area contributed by atoms with Crippen molar-refractivity contribution in [3.05, 3.63) is 71.4 Å². The van der Waals surface area contributed by atoms with Crippen LogP contribution in [0.2, 0.25) is 5.02 Å². The van der Waals surface area contributed by atoms with E-state index in [4.69, 9.17) is 17.3 Å². The zero-order valence-electron chi connectivity index (χ0n) is 14.2. The summed E-state index contributed by atoms with van der Waals surface area (Å²) < 4.78 is 0. The lowest BCUT2D eigenvalue weighted by atomic mass is 10.0. The number of nitrogens with one attached hydrogen (secondary N) is 2. The quantitative estimate of drug-likeness (QED) is 0.500. The van der Waals surface area contributed by atoms with E-state index in [1.165, 1.54) is 0 Å². The number of rotatable bonds is 4. The van der Waals surface area contributed by atoms with Gasteiger partial charge >= 0.3 is 0 Å². The normalized spacial score (nSPS) is 10.9. The minimum atomic E-state index is -0.178. The van der Waals surface area contributed by atoms with E-state index in [0.29, 0.717) is 16.7 Å². The molecule has 0 bridgehead atoms. The highest BCUT2D eigenvalue weighted by molar-refractivity contribution is 6.31. The molecule has 4 N–H and O–H groups in total. The molecule has 0 saturated heterocycles. The van der Waals surface area contributed by atoms with Crippen molar-refractivity contribution in [2.75, 3.05) is 11.1 Å². The molecule has 0 atom stereocenters. The summed E-state index contributed by atoms with van der Waals surface area (Å²) in [6.07, 6.45) is 1.84. The predicted molar refractivity (Wildman–Crippen MR) is 108 cm³/mol. The van der Waals surface area contributed by atoms with Crippen molar-refractivity contribution in [2.45, 2.75) is 6.42 Å². The van der Waals surface area contributed by atoms with E-state index in [-0.39, 0.29) is 12.3 Å². The third-order valence-electron chi connectivity index (χ3n) is 4.26. The number of aromatic amines is 1. The number of aromatic nitrogens is 3. The van der Waals surface area contributed by atoms with Gasteiger partial charge in [0.25, 0.3) is 0 Å². The van der Waals surface area contributed by atoms with Crippen LogP contribution in [0.25, 0.3) is 22.0 Å². The molecule has 4 aromatic rings. The van der Waals surface area contributed by atoms with E-state index in [1.807, 2.05) is 48.5 Å². The number of fused-ring (bicyclic) bond motifs is 1. The number of carbonyl (C=O) groups is 1. The molecule has 0 fully saturated rings. The Hall–Kier alpha value is -3.38. The number of hydrogen-bond donors (Lipinski definition) is 3.